The van der Waals surface area contributed by atoms with Crippen molar-refractivity contribution in [2.45, 2.75) is 0 Å². The van der Waals surface area contributed by atoms with Gasteiger partial charge in [-0.15, -0.1) is 11.3 Å². The summed E-state index contributed by atoms with van der Waals surface area (Å²) in [5.74, 6) is 0.667. The Hall–Kier alpha value is -6.82. The van der Waals surface area contributed by atoms with E-state index in [4.69, 9.17) is 9.97 Å². The van der Waals surface area contributed by atoms with E-state index in [9.17, 15) is 0 Å². The number of para-hydroxylation sites is 4. The van der Waals surface area contributed by atoms with Crippen LogP contribution in [0.3, 0.4) is 0 Å². The molecule has 0 aliphatic carbocycles. The first-order chi connectivity index (χ1) is 26.3. The quantitative estimate of drug-likeness (QED) is 0.185. The Morgan fingerprint density at radius 2 is 0.962 bits per heavy atom. The van der Waals surface area contributed by atoms with Gasteiger partial charge in [-0.3, -0.25) is 4.57 Å². The van der Waals surface area contributed by atoms with Crippen LogP contribution in [0.2, 0.25) is 0 Å². The van der Waals surface area contributed by atoms with Crippen molar-refractivity contribution < 1.29 is 0 Å². The number of nitrogens with zero attached hydrogens (tertiary/aromatic N) is 4. The fraction of sp³-hybridized carbons (Fsp3) is 0. The van der Waals surface area contributed by atoms with E-state index in [1.54, 1.807) is 0 Å². The molecule has 0 N–H and O–H groups in total. The maximum atomic E-state index is 5.55. The van der Waals surface area contributed by atoms with Gasteiger partial charge in [-0.05, 0) is 53.2 Å². The fourth-order valence-electron chi connectivity index (χ4n) is 8.70. The van der Waals surface area contributed by atoms with Crippen molar-refractivity contribution in [2.24, 2.45) is 0 Å². The number of aromatic nitrogens is 4. The van der Waals surface area contributed by atoms with Crippen LogP contribution in [0.4, 0.5) is 0 Å². The first-order valence-corrected chi connectivity index (χ1v) is 18.7. The molecule has 0 spiro atoms. The Kier molecular flexibility index (Phi) is 5.90. The normalized spacial score (nSPS) is 12.2. The van der Waals surface area contributed by atoms with Gasteiger partial charge in [0.1, 0.15) is 0 Å². The minimum Gasteiger partial charge on any atom is -0.309 e. The summed E-state index contributed by atoms with van der Waals surface area (Å²) in [6.07, 6.45) is 0. The van der Waals surface area contributed by atoms with Gasteiger partial charge in [-0.2, -0.15) is 0 Å². The Balaban J connectivity index is 1.28. The summed E-state index contributed by atoms with van der Waals surface area (Å²) in [6.45, 7) is 0. The molecule has 0 radical (unpaired) electrons. The van der Waals surface area contributed by atoms with Crippen molar-refractivity contribution in [1.29, 1.82) is 0 Å². The largest absolute Gasteiger partial charge is 0.309 e. The lowest BCUT2D eigenvalue weighted by atomic mass is 9.99. The van der Waals surface area contributed by atoms with Gasteiger partial charge in [0, 0.05) is 58.4 Å². The smallest absolute Gasteiger partial charge is 0.235 e. The van der Waals surface area contributed by atoms with Crippen molar-refractivity contribution in [1.82, 2.24) is 19.1 Å². The molecule has 0 fully saturated rings. The molecule has 53 heavy (non-hydrogen) atoms. The molecule has 0 atom stereocenters. The topological polar surface area (TPSA) is 35.6 Å². The molecule has 0 unspecified atom stereocenters. The van der Waals surface area contributed by atoms with Crippen LogP contribution >= 0.6 is 11.3 Å². The first-order valence-electron chi connectivity index (χ1n) is 17.9. The van der Waals surface area contributed by atoms with Gasteiger partial charge in [0.15, 0.2) is 0 Å². The molecule has 5 heteroatoms. The van der Waals surface area contributed by atoms with Gasteiger partial charge in [0.05, 0.1) is 33.3 Å². The molecule has 0 saturated heterocycles. The number of thiophene rings is 1. The maximum absolute atomic E-state index is 5.55. The van der Waals surface area contributed by atoms with Gasteiger partial charge in [-0.1, -0.05) is 127 Å². The molecule has 0 amide bonds. The lowest BCUT2D eigenvalue weighted by Gasteiger charge is -2.14. The minimum absolute atomic E-state index is 0.667. The Morgan fingerprint density at radius 3 is 1.70 bits per heavy atom. The third-order valence-electron chi connectivity index (χ3n) is 10.9. The van der Waals surface area contributed by atoms with E-state index in [0.29, 0.717) is 5.95 Å². The molecule has 0 aliphatic rings. The Morgan fingerprint density at radius 1 is 0.396 bits per heavy atom. The fourth-order valence-corrected chi connectivity index (χ4v) is 9.82. The molecule has 12 aromatic rings. The monoisotopic (exact) mass is 692 g/mol. The zero-order valence-electron chi connectivity index (χ0n) is 28.4. The zero-order chi connectivity index (χ0) is 34.6. The maximum Gasteiger partial charge on any atom is 0.235 e. The zero-order valence-corrected chi connectivity index (χ0v) is 29.2. The van der Waals surface area contributed by atoms with Gasteiger partial charge in [0.2, 0.25) is 5.95 Å². The van der Waals surface area contributed by atoms with E-state index in [-0.39, 0.29) is 0 Å². The number of hydrogen-bond donors (Lipinski definition) is 0. The predicted molar refractivity (Wildman–Crippen MR) is 224 cm³/mol. The lowest BCUT2D eigenvalue weighted by molar-refractivity contribution is 1.02. The van der Waals surface area contributed by atoms with Crippen molar-refractivity contribution in [2.75, 3.05) is 0 Å². The van der Waals surface area contributed by atoms with E-state index < -0.39 is 0 Å². The number of hydrogen-bond acceptors (Lipinski definition) is 3. The molecular formula is C48H28N4S. The van der Waals surface area contributed by atoms with Crippen LogP contribution in [-0.2, 0) is 0 Å². The van der Waals surface area contributed by atoms with Gasteiger partial charge in [-0.25, -0.2) is 9.97 Å². The van der Waals surface area contributed by atoms with E-state index in [0.717, 1.165) is 38.9 Å². The number of benzene rings is 8. The molecule has 12 rings (SSSR count). The summed E-state index contributed by atoms with van der Waals surface area (Å²) < 4.78 is 7.28. The van der Waals surface area contributed by atoms with Crippen LogP contribution in [0.15, 0.2) is 170 Å². The van der Waals surface area contributed by atoms with E-state index in [2.05, 4.69) is 179 Å². The number of rotatable bonds is 3. The van der Waals surface area contributed by atoms with Crippen LogP contribution in [0.1, 0.15) is 0 Å². The average Bonchev–Trinajstić information content (AvgIpc) is 3.88. The van der Waals surface area contributed by atoms with Crippen LogP contribution in [0, 0.1) is 0 Å². The van der Waals surface area contributed by atoms with Crippen LogP contribution in [0.25, 0.3) is 108 Å². The molecule has 0 saturated carbocycles. The SMILES string of the molecule is c1ccc(-n2c3ccccc3c3ccc4sc5ccc6c7ccccc7n(-c7nc(-c8cccc9ccccc89)c8ccccc8n7)c6c5c4c32)cc1. The second-order valence-corrected chi connectivity index (χ2v) is 14.8. The molecule has 4 aromatic heterocycles. The highest BCUT2D eigenvalue weighted by Crippen LogP contribution is 2.47. The van der Waals surface area contributed by atoms with Gasteiger partial charge in [0.25, 0.3) is 0 Å². The summed E-state index contributed by atoms with van der Waals surface area (Å²) in [5, 5.41) is 10.8. The van der Waals surface area contributed by atoms with Crippen molar-refractivity contribution in [3.8, 4) is 22.9 Å². The second kappa shape index (κ2) is 10.8. The molecule has 0 aliphatic heterocycles. The summed E-state index contributed by atoms with van der Waals surface area (Å²) in [5.41, 5.74) is 8.74. The van der Waals surface area contributed by atoms with Crippen molar-refractivity contribution >= 4 is 96.8 Å². The third kappa shape index (κ3) is 4.00. The van der Waals surface area contributed by atoms with Gasteiger partial charge < -0.3 is 4.57 Å². The standard InChI is InChI=1S/C48H28N4S/c1-2-15-30(16-3-1)51-39-23-10-7-18-32(39)35-25-27-41-43(46(35)51)44-42(53-41)28-26-36-33-19-8-11-24-40(33)52(47(36)44)48-49-38-22-9-6-20-37(38)45(50-48)34-21-12-14-29-13-4-5-17-31(29)34/h1-28H. The highest BCUT2D eigenvalue weighted by Gasteiger charge is 2.24. The van der Waals surface area contributed by atoms with Crippen molar-refractivity contribution in [3.05, 3.63) is 170 Å². The molecule has 246 valence electrons. The minimum atomic E-state index is 0.667. The first kappa shape index (κ1) is 28.8. The molecular weight excluding hydrogens is 665 g/mol. The predicted octanol–water partition coefficient (Wildman–Crippen LogP) is 13.0. The van der Waals surface area contributed by atoms with E-state index in [1.807, 2.05) is 11.3 Å². The molecule has 8 aromatic carbocycles. The lowest BCUT2D eigenvalue weighted by Crippen LogP contribution is -2.04. The molecule has 4 heterocycles. The van der Waals surface area contributed by atoms with Crippen LogP contribution < -0.4 is 0 Å². The molecule has 0 bridgehead atoms. The molecule has 4 nitrogen and oxygen atoms in total. The summed E-state index contributed by atoms with van der Waals surface area (Å²) in [6, 6.07) is 61.0. The van der Waals surface area contributed by atoms with E-state index >= 15 is 0 Å². The average molecular weight is 693 g/mol. The number of fused-ring (bicyclic) bond motifs is 13. The second-order valence-electron chi connectivity index (χ2n) is 13.7. The van der Waals surface area contributed by atoms with E-state index in [1.165, 1.54) is 63.5 Å². The van der Waals surface area contributed by atoms with Crippen LogP contribution in [0.5, 0.6) is 0 Å². The van der Waals surface area contributed by atoms with Crippen LogP contribution in [-0.4, -0.2) is 19.1 Å². The highest BCUT2D eigenvalue weighted by atomic mass is 32.1. The summed E-state index contributed by atoms with van der Waals surface area (Å²) in [7, 11) is 0. The Labute approximate surface area is 307 Å². The van der Waals surface area contributed by atoms with Gasteiger partial charge >= 0.3 is 0 Å². The van der Waals surface area contributed by atoms with Crippen molar-refractivity contribution in [3.63, 3.8) is 0 Å². The third-order valence-corrected chi connectivity index (χ3v) is 12.0. The summed E-state index contributed by atoms with van der Waals surface area (Å²) in [4.78, 5) is 10.9. The summed E-state index contributed by atoms with van der Waals surface area (Å²) >= 11 is 1.86. The Bertz CT molecular complexity index is 3450. The highest BCUT2D eigenvalue weighted by molar-refractivity contribution is 7.26.